The number of aromatic nitrogens is 2. The fraction of sp³-hybridized carbons (Fsp3) is 0.320. The summed E-state index contributed by atoms with van der Waals surface area (Å²) in [6, 6.07) is 18.7. The van der Waals surface area contributed by atoms with Gasteiger partial charge in [0.1, 0.15) is 0 Å². The molecule has 0 spiro atoms. The normalized spacial score (nSPS) is 22.5. The molecule has 3 aromatic rings. The van der Waals surface area contributed by atoms with Crippen molar-refractivity contribution in [3.05, 3.63) is 65.9 Å². The van der Waals surface area contributed by atoms with E-state index in [1.807, 2.05) is 30.5 Å². The summed E-state index contributed by atoms with van der Waals surface area (Å²) < 4.78 is 0. The van der Waals surface area contributed by atoms with E-state index in [0.29, 0.717) is 17.6 Å². The quantitative estimate of drug-likeness (QED) is 0.685. The molecule has 1 aromatic heterocycles. The zero-order valence-electron chi connectivity index (χ0n) is 17.1. The number of hydrogen-bond donors (Lipinski definition) is 2. The van der Waals surface area contributed by atoms with Crippen LogP contribution in [0.3, 0.4) is 0 Å². The van der Waals surface area contributed by atoms with Crippen LogP contribution < -0.4 is 10.6 Å². The highest BCUT2D eigenvalue weighted by Crippen LogP contribution is 2.36. The van der Waals surface area contributed by atoms with Crippen molar-refractivity contribution in [2.75, 3.05) is 18.4 Å². The third kappa shape index (κ3) is 3.67. The Hall–Kier alpha value is -3.23. The first-order valence-corrected chi connectivity index (χ1v) is 10.6. The number of nitrogens with zero attached hydrogens (tertiary/aromatic N) is 3. The highest BCUT2D eigenvalue weighted by Gasteiger charge is 2.37. The number of rotatable bonds is 4. The summed E-state index contributed by atoms with van der Waals surface area (Å²) in [6.07, 6.45) is 4.27. The van der Waals surface area contributed by atoms with Gasteiger partial charge in [0.25, 0.3) is 0 Å². The monoisotopic (exact) mass is 395 g/mol. The van der Waals surface area contributed by atoms with E-state index in [2.05, 4.69) is 52.9 Å². The third-order valence-corrected chi connectivity index (χ3v) is 6.43. The second-order valence-electron chi connectivity index (χ2n) is 8.50. The Labute approximate surface area is 177 Å². The Morgan fingerprint density at radius 2 is 1.63 bits per heavy atom. The van der Waals surface area contributed by atoms with E-state index < -0.39 is 0 Å². The van der Waals surface area contributed by atoms with Gasteiger partial charge in [-0.05, 0) is 62.4 Å². The third-order valence-electron chi connectivity index (χ3n) is 6.43. The van der Waals surface area contributed by atoms with E-state index in [9.17, 15) is 0 Å². The van der Waals surface area contributed by atoms with Crippen molar-refractivity contribution in [2.24, 2.45) is 11.8 Å². The summed E-state index contributed by atoms with van der Waals surface area (Å²) >= 11 is 0. The molecule has 1 aliphatic carbocycles. The molecule has 2 aromatic carbocycles. The van der Waals surface area contributed by atoms with Crippen molar-refractivity contribution in [1.82, 2.24) is 15.3 Å². The SMILES string of the molecule is Cc1ccc(-c2cnc(NC3C[C@H]4CNC[C@H]4C3)nc2-c2ccc(C#N)cc2)cc1. The van der Waals surface area contributed by atoms with Gasteiger partial charge in [-0.25, -0.2) is 9.97 Å². The number of hydrogen-bond acceptors (Lipinski definition) is 5. The minimum atomic E-state index is 0.432. The minimum Gasteiger partial charge on any atom is -0.351 e. The van der Waals surface area contributed by atoms with Crippen LogP contribution in [-0.4, -0.2) is 29.1 Å². The largest absolute Gasteiger partial charge is 0.351 e. The molecule has 1 unspecified atom stereocenters. The van der Waals surface area contributed by atoms with Crippen LogP contribution >= 0.6 is 0 Å². The molecule has 0 radical (unpaired) electrons. The van der Waals surface area contributed by atoms with Gasteiger partial charge in [0.15, 0.2) is 0 Å². The molecule has 1 saturated heterocycles. The lowest BCUT2D eigenvalue weighted by Crippen LogP contribution is -2.21. The van der Waals surface area contributed by atoms with Crippen molar-refractivity contribution in [1.29, 1.82) is 5.26 Å². The van der Waals surface area contributed by atoms with Crippen molar-refractivity contribution in [2.45, 2.75) is 25.8 Å². The molecule has 1 saturated carbocycles. The molecule has 1 aliphatic heterocycles. The van der Waals surface area contributed by atoms with Gasteiger partial charge < -0.3 is 10.6 Å². The number of benzene rings is 2. The van der Waals surface area contributed by atoms with Crippen LogP contribution in [0, 0.1) is 30.1 Å². The predicted octanol–water partition coefficient (Wildman–Crippen LogP) is 4.40. The van der Waals surface area contributed by atoms with Crippen LogP contribution in [0.1, 0.15) is 24.0 Å². The summed E-state index contributed by atoms with van der Waals surface area (Å²) in [5.74, 6) is 2.22. The van der Waals surface area contributed by atoms with Crippen LogP contribution in [0.5, 0.6) is 0 Å². The number of anilines is 1. The van der Waals surface area contributed by atoms with Crippen molar-refractivity contribution < 1.29 is 0 Å². The zero-order chi connectivity index (χ0) is 20.5. The molecule has 5 heteroatoms. The molecule has 30 heavy (non-hydrogen) atoms. The van der Waals surface area contributed by atoms with E-state index in [1.165, 1.54) is 18.4 Å². The highest BCUT2D eigenvalue weighted by atomic mass is 15.1. The van der Waals surface area contributed by atoms with Crippen LogP contribution in [0.25, 0.3) is 22.4 Å². The average molecular weight is 396 g/mol. The first-order valence-electron chi connectivity index (χ1n) is 10.6. The Morgan fingerprint density at radius 1 is 0.967 bits per heavy atom. The van der Waals surface area contributed by atoms with Crippen molar-refractivity contribution in [3.63, 3.8) is 0 Å². The summed E-state index contributed by atoms with van der Waals surface area (Å²) in [5.41, 5.74) is 5.84. The van der Waals surface area contributed by atoms with Crippen LogP contribution in [0.4, 0.5) is 5.95 Å². The standard InChI is InChI=1S/C25H25N5/c1-16-2-6-18(7-3-16)23-15-28-25(29-22-10-20-13-27-14-21(20)11-22)30-24(23)19-8-4-17(12-26)5-9-19/h2-9,15,20-22,27H,10-11,13-14H2,1H3,(H,28,29,30)/t20-,21+,22?. The second-order valence-corrected chi connectivity index (χ2v) is 8.50. The lowest BCUT2D eigenvalue weighted by molar-refractivity contribution is 0.494. The van der Waals surface area contributed by atoms with Gasteiger partial charge in [0, 0.05) is 23.4 Å². The molecule has 2 fully saturated rings. The van der Waals surface area contributed by atoms with Gasteiger partial charge in [0.2, 0.25) is 5.95 Å². The maximum absolute atomic E-state index is 9.14. The fourth-order valence-corrected chi connectivity index (χ4v) is 4.79. The summed E-state index contributed by atoms with van der Waals surface area (Å²) in [5, 5.41) is 16.2. The van der Waals surface area contributed by atoms with Crippen molar-refractivity contribution in [3.8, 4) is 28.5 Å². The molecular formula is C25H25N5. The van der Waals surface area contributed by atoms with E-state index in [4.69, 9.17) is 10.2 Å². The maximum Gasteiger partial charge on any atom is 0.223 e. The second kappa shape index (κ2) is 7.89. The molecule has 150 valence electrons. The van der Waals surface area contributed by atoms with Gasteiger partial charge >= 0.3 is 0 Å². The predicted molar refractivity (Wildman–Crippen MR) is 119 cm³/mol. The summed E-state index contributed by atoms with van der Waals surface area (Å²) in [7, 11) is 0. The number of fused-ring (bicyclic) bond motifs is 1. The number of aryl methyl sites for hydroxylation is 1. The summed E-state index contributed by atoms with van der Waals surface area (Å²) in [4.78, 5) is 9.60. The van der Waals surface area contributed by atoms with E-state index in [-0.39, 0.29) is 0 Å². The summed E-state index contributed by atoms with van der Waals surface area (Å²) in [6.45, 7) is 4.35. The molecule has 2 N–H and O–H groups in total. The molecule has 2 aliphatic rings. The first kappa shape index (κ1) is 18.8. The topological polar surface area (TPSA) is 73.6 Å². The fourth-order valence-electron chi connectivity index (χ4n) is 4.79. The smallest absolute Gasteiger partial charge is 0.223 e. The van der Waals surface area contributed by atoms with E-state index >= 15 is 0 Å². The van der Waals surface area contributed by atoms with Crippen molar-refractivity contribution >= 4 is 5.95 Å². The Morgan fingerprint density at radius 3 is 2.30 bits per heavy atom. The highest BCUT2D eigenvalue weighted by molar-refractivity contribution is 5.81. The van der Waals surface area contributed by atoms with Gasteiger partial charge in [0.05, 0.1) is 17.3 Å². The lowest BCUT2D eigenvalue weighted by atomic mass is 9.99. The first-order chi connectivity index (χ1) is 14.7. The van der Waals surface area contributed by atoms with Crippen LogP contribution in [-0.2, 0) is 0 Å². The van der Waals surface area contributed by atoms with E-state index in [1.54, 1.807) is 0 Å². The molecular weight excluding hydrogens is 370 g/mol. The maximum atomic E-state index is 9.14. The minimum absolute atomic E-state index is 0.432. The molecule has 0 bridgehead atoms. The lowest BCUT2D eigenvalue weighted by Gasteiger charge is -2.16. The molecule has 2 heterocycles. The van der Waals surface area contributed by atoms with Crippen LogP contribution in [0.2, 0.25) is 0 Å². The zero-order valence-corrected chi connectivity index (χ0v) is 17.1. The molecule has 3 atom stereocenters. The van der Waals surface area contributed by atoms with Crippen LogP contribution in [0.15, 0.2) is 54.7 Å². The van der Waals surface area contributed by atoms with Gasteiger partial charge in [-0.15, -0.1) is 0 Å². The molecule has 5 nitrogen and oxygen atoms in total. The van der Waals surface area contributed by atoms with Gasteiger partial charge in [-0.1, -0.05) is 42.0 Å². The van der Waals surface area contributed by atoms with Gasteiger partial charge in [-0.2, -0.15) is 5.26 Å². The molecule has 0 amide bonds. The Balaban J connectivity index is 1.49. The number of nitrogens with one attached hydrogen (secondary N) is 2. The molecule has 5 rings (SSSR count). The van der Waals surface area contributed by atoms with E-state index in [0.717, 1.165) is 47.3 Å². The Bertz CT molecular complexity index is 1070. The Kier molecular flexibility index (Phi) is 4.94. The average Bonchev–Trinajstić information content (AvgIpc) is 3.36. The number of nitriles is 1. The van der Waals surface area contributed by atoms with Gasteiger partial charge in [-0.3, -0.25) is 0 Å².